The van der Waals surface area contributed by atoms with Gasteiger partial charge in [0.05, 0.1) is 17.5 Å². The minimum Gasteiger partial charge on any atom is -0.496 e. The van der Waals surface area contributed by atoms with Gasteiger partial charge in [-0.2, -0.15) is 0 Å². The van der Waals surface area contributed by atoms with Crippen molar-refractivity contribution in [3.05, 3.63) is 16.3 Å². The van der Waals surface area contributed by atoms with Crippen LogP contribution in [0.15, 0.2) is 11.4 Å². The number of halogens is 1. The van der Waals surface area contributed by atoms with Gasteiger partial charge in [0.1, 0.15) is 5.75 Å². The largest absolute Gasteiger partial charge is 0.496 e. The third kappa shape index (κ3) is 3.06. The molecular formula is C13H18BrNO2S. The molecule has 0 aliphatic heterocycles. The molecule has 18 heavy (non-hydrogen) atoms. The Morgan fingerprint density at radius 2 is 2.22 bits per heavy atom. The first-order chi connectivity index (χ1) is 8.69. The predicted octanol–water partition coefficient (Wildman–Crippen LogP) is 3.58. The summed E-state index contributed by atoms with van der Waals surface area (Å²) in [6.07, 6.45) is 5.79. The minimum absolute atomic E-state index is 0.0182. The van der Waals surface area contributed by atoms with Gasteiger partial charge in [-0.1, -0.05) is 35.2 Å². The number of hydrogen-bond donors (Lipinski definition) is 1. The van der Waals surface area contributed by atoms with E-state index in [4.69, 9.17) is 4.74 Å². The molecule has 0 atom stereocenters. The molecule has 0 bridgehead atoms. The molecule has 5 heteroatoms. The summed E-state index contributed by atoms with van der Waals surface area (Å²) in [6, 6.07) is 1.80. The van der Waals surface area contributed by atoms with Gasteiger partial charge >= 0.3 is 0 Å². The Morgan fingerprint density at radius 3 is 2.78 bits per heavy atom. The second-order valence-electron chi connectivity index (χ2n) is 4.78. The molecular weight excluding hydrogens is 314 g/mol. The second kappa shape index (κ2) is 6.06. The predicted molar refractivity (Wildman–Crippen MR) is 77.9 cm³/mol. The highest BCUT2D eigenvalue weighted by Gasteiger charge is 2.33. The van der Waals surface area contributed by atoms with E-state index < -0.39 is 0 Å². The first-order valence-corrected chi connectivity index (χ1v) is 8.20. The van der Waals surface area contributed by atoms with Crippen LogP contribution in [0.1, 0.15) is 41.8 Å². The summed E-state index contributed by atoms with van der Waals surface area (Å²) < 4.78 is 5.11. The summed E-state index contributed by atoms with van der Waals surface area (Å²) in [5, 5.41) is 5.89. The number of alkyl halides is 1. The molecule has 3 nitrogen and oxygen atoms in total. The third-order valence-corrected chi connectivity index (χ3v) is 5.46. The van der Waals surface area contributed by atoms with Crippen molar-refractivity contribution in [1.82, 2.24) is 5.32 Å². The minimum atomic E-state index is -0.0629. The lowest BCUT2D eigenvalue weighted by Crippen LogP contribution is -2.51. The van der Waals surface area contributed by atoms with E-state index >= 15 is 0 Å². The average molecular weight is 332 g/mol. The Kier molecular flexibility index (Phi) is 4.67. The Morgan fingerprint density at radius 1 is 1.50 bits per heavy atom. The number of ether oxygens (including phenoxy) is 1. The van der Waals surface area contributed by atoms with Crippen molar-refractivity contribution in [2.45, 2.75) is 37.6 Å². The molecule has 0 spiro atoms. The standard InChI is InChI=1S/C13H18BrNO2S/c1-17-10-7-11(18-8-10)12(16)15-13(9-14)5-3-2-4-6-13/h7-8H,2-6,9H2,1H3,(H,15,16). The highest BCUT2D eigenvalue weighted by molar-refractivity contribution is 9.09. The lowest BCUT2D eigenvalue weighted by Gasteiger charge is -2.36. The van der Waals surface area contributed by atoms with Crippen LogP contribution in [0.4, 0.5) is 0 Å². The maximum Gasteiger partial charge on any atom is 0.261 e. The zero-order valence-corrected chi connectivity index (χ0v) is 12.9. The number of hydrogen-bond acceptors (Lipinski definition) is 3. The number of thiophene rings is 1. The number of nitrogens with one attached hydrogen (secondary N) is 1. The van der Waals surface area contributed by atoms with Crippen LogP contribution in [0.25, 0.3) is 0 Å². The van der Waals surface area contributed by atoms with Crippen LogP contribution in [-0.2, 0) is 0 Å². The summed E-state index contributed by atoms with van der Waals surface area (Å²) in [5.41, 5.74) is -0.0629. The number of rotatable bonds is 4. The molecule has 1 saturated carbocycles. The Bertz CT molecular complexity index is 413. The van der Waals surface area contributed by atoms with Gasteiger partial charge in [0.15, 0.2) is 0 Å². The molecule has 1 aliphatic carbocycles. The van der Waals surface area contributed by atoms with Crippen molar-refractivity contribution < 1.29 is 9.53 Å². The van der Waals surface area contributed by atoms with Gasteiger partial charge < -0.3 is 10.1 Å². The molecule has 0 radical (unpaired) electrons. The number of carbonyl (C=O) groups is 1. The molecule has 1 amide bonds. The van der Waals surface area contributed by atoms with E-state index in [0.717, 1.165) is 28.8 Å². The summed E-state index contributed by atoms with van der Waals surface area (Å²) in [7, 11) is 1.62. The number of methoxy groups -OCH3 is 1. The zero-order valence-electron chi connectivity index (χ0n) is 10.5. The summed E-state index contributed by atoms with van der Waals surface area (Å²) in [5.74, 6) is 0.770. The van der Waals surface area contributed by atoms with Crippen molar-refractivity contribution >= 4 is 33.2 Å². The Balaban J connectivity index is 2.04. The number of carbonyl (C=O) groups excluding carboxylic acids is 1. The zero-order chi connectivity index (χ0) is 13.0. The van der Waals surface area contributed by atoms with Gasteiger partial charge in [-0.25, -0.2) is 0 Å². The molecule has 1 fully saturated rings. The van der Waals surface area contributed by atoms with E-state index in [1.54, 1.807) is 13.2 Å². The third-order valence-electron chi connectivity index (χ3n) is 3.48. The van der Waals surface area contributed by atoms with Crippen LogP contribution in [-0.4, -0.2) is 23.9 Å². The van der Waals surface area contributed by atoms with Crippen molar-refractivity contribution in [2.24, 2.45) is 0 Å². The Hall–Kier alpha value is -0.550. The maximum absolute atomic E-state index is 12.2. The van der Waals surface area contributed by atoms with Gasteiger partial charge in [-0.15, -0.1) is 11.3 Å². The topological polar surface area (TPSA) is 38.3 Å². The van der Waals surface area contributed by atoms with E-state index in [2.05, 4.69) is 21.2 Å². The van der Waals surface area contributed by atoms with Crippen molar-refractivity contribution in [3.8, 4) is 5.75 Å². The smallest absolute Gasteiger partial charge is 0.261 e. The van der Waals surface area contributed by atoms with Crippen molar-refractivity contribution in [3.63, 3.8) is 0 Å². The number of amides is 1. The van der Waals surface area contributed by atoms with Crippen molar-refractivity contribution in [1.29, 1.82) is 0 Å². The second-order valence-corrected chi connectivity index (χ2v) is 6.25. The monoisotopic (exact) mass is 331 g/mol. The molecule has 1 heterocycles. The summed E-state index contributed by atoms with van der Waals surface area (Å²) in [6.45, 7) is 0. The van der Waals surface area contributed by atoms with E-state index in [1.165, 1.54) is 30.6 Å². The van der Waals surface area contributed by atoms with Gasteiger partial charge in [-0.05, 0) is 12.8 Å². The molecule has 0 unspecified atom stereocenters. The molecule has 1 aromatic rings. The lowest BCUT2D eigenvalue weighted by molar-refractivity contribution is 0.0890. The molecule has 2 rings (SSSR count). The fourth-order valence-electron chi connectivity index (χ4n) is 2.37. The fraction of sp³-hybridized carbons (Fsp3) is 0.615. The highest BCUT2D eigenvalue weighted by atomic mass is 79.9. The van der Waals surface area contributed by atoms with Crippen LogP contribution in [0.5, 0.6) is 5.75 Å². The molecule has 100 valence electrons. The van der Waals surface area contributed by atoms with Crippen molar-refractivity contribution in [2.75, 3.05) is 12.4 Å². The van der Waals surface area contributed by atoms with Crippen LogP contribution in [0.3, 0.4) is 0 Å². The first kappa shape index (κ1) is 13.9. The summed E-state index contributed by atoms with van der Waals surface area (Å²) >= 11 is 4.98. The fourth-order valence-corrected chi connectivity index (χ4v) is 3.82. The van der Waals surface area contributed by atoms with E-state index in [1.807, 2.05) is 5.38 Å². The molecule has 1 aliphatic rings. The van der Waals surface area contributed by atoms with Crippen LogP contribution >= 0.6 is 27.3 Å². The first-order valence-electron chi connectivity index (χ1n) is 6.20. The average Bonchev–Trinajstić information content (AvgIpc) is 2.88. The lowest BCUT2D eigenvalue weighted by atomic mass is 9.83. The van der Waals surface area contributed by atoms with Crippen LogP contribution in [0.2, 0.25) is 0 Å². The SMILES string of the molecule is COc1csc(C(=O)NC2(CBr)CCCCC2)c1. The van der Waals surface area contributed by atoms with E-state index in [-0.39, 0.29) is 11.4 Å². The quantitative estimate of drug-likeness (QED) is 0.856. The van der Waals surface area contributed by atoms with Gasteiger partial charge in [0, 0.05) is 16.8 Å². The molecule has 1 N–H and O–H groups in total. The van der Waals surface area contributed by atoms with Crippen LogP contribution in [0, 0.1) is 0 Å². The highest BCUT2D eigenvalue weighted by Crippen LogP contribution is 2.31. The molecule has 0 saturated heterocycles. The normalized spacial score (nSPS) is 18.3. The van der Waals surface area contributed by atoms with Crippen LogP contribution < -0.4 is 10.1 Å². The van der Waals surface area contributed by atoms with Gasteiger partial charge in [0.25, 0.3) is 5.91 Å². The summed E-state index contributed by atoms with van der Waals surface area (Å²) in [4.78, 5) is 12.9. The van der Waals surface area contributed by atoms with E-state index in [9.17, 15) is 4.79 Å². The van der Waals surface area contributed by atoms with Gasteiger partial charge in [-0.3, -0.25) is 4.79 Å². The van der Waals surface area contributed by atoms with Gasteiger partial charge in [0.2, 0.25) is 0 Å². The maximum atomic E-state index is 12.2. The molecule has 0 aromatic carbocycles. The molecule has 1 aromatic heterocycles. The van der Waals surface area contributed by atoms with E-state index in [0.29, 0.717) is 0 Å². The Labute approximate surface area is 120 Å².